The van der Waals surface area contributed by atoms with E-state index in [0.29, 0.717) is 6.54 Å². The maximum absolute atomic E-state index is 11.0. The molecular formula is C8H13N2O. The molecule has 0 saturated carbocycles. The average molecular weight is 153 g/mol. The van der Waals surface area contributed by atoms with Gasteiger partial charge in [0.15, 0.2) is 0 Å². The molecular weight excluding hydrogens is 140 g/mol. The SMILES string of the molecule is C=CC(=O)N1C[CH]C(N)CC1. The lowest BCUT2D eigenvalue weighted by Gasteiger charge is -2.28. The minimum atomic E-state index is -0.00634. The molecule has 1 radical (unpaired) electrons. The third-order valence-electron chi connectivity index (χ3n) is 1.85. The van der Waals surface area contributed by atoms with E-state index in [1.807, 2.05) is 6.42 Å². The molecule has 3 heteroatoms. The van der Waals surface area contributed by atoms with E-state index in [-0.39, 0.29) is 11.9 Å². The predicted octanol–water partition coefficient (Wildman–Crippen LogP) is -0.0637. The highest BCUT2D eigenvalue weighted by Gasteiger charge is 2.18. The van der Waals surface area contributed by atoms with Crippen molar-refractivity contribution in [3.63, 3.8) is 0 Å². The van der Waals surface area contributed by atoms with E-state index in [9.17, 15) is 4.79 Å². The summed E-state index contributed by atoms with van der Waals surface area (Å²) in [4.78, 5) is 12.8. The molecule has 1 saturated heterocycles. The van der Waals surface area contributed by atoms with Gasteiger partial charge in [0.05, 0.1) is 0 Å². The van der Waals surface area contributed by atoms with Gasteiger partial charge in [-0.3, -0.25) is 4.79 Å². The van der Waals surface area contributed by atoms with E-state index >= 15 is 0 Å². The van der Waals surface area contributed by atoms with Gasteiger partial charge in [0.1, 0.15) is 0 Å². The summed E-state index contributed by atoms with van der Waals surface area (Å²) in [6.07, 6.45) is 4.15. The Kier molecular flexibility index (Phi) is 2.65. The molecule has 0 aromatic carbocycles. The van der Waals surface area contributed by atoms with Gasteiger partial charge in [-0.15, -0.1) is 0 Å². The second-order valence-corrected chi connectivity index (χ2v) is 2.68. The molecule has 0 aromatic rings. The van der Waals surface area contributed by atoms with Crippen LogP contribution < -0.4 is 5.73 Å². The van der Waals surface area contributed by atoms with Crippen molar-refractivity contribution in [3.05, 3.63) is 19.1 Å². The molecule has 3 nitrogen and oxygen atoms in total. The molecule has 1 unspecified atom stereocenters. The highest BCUT2D eigenvalue weighted by atomic mass is 16.2. The van der Waals surface area contributed by atoms with E-state index in [0.717, 1.165) is 13.0 Å². The molecule has 61 valence electrons. The number of hydrogen-bond donors (Lipinski definition) is 1. The first-order chi connectivity index (χ1) is 5.24. The average Bonchev–Trinajstić information content (AvgIpc) is 2.05. The number of carbonyl (C=O) groups is 1. The van der Waals surface area contributed by atoms with E-state index in [1.54, 1.807) is 4.90 Å². The summed E-state index contributed by atoms with van der Waals surface area (Å²) in [6, 6.07) is 0.156. The topological polar surface area (TPSA) is 46.3 Å². The van der Waals surface area contributed by atoms with Crippen molar-refractivity contribution in [2.24, 2.45) is 5.73 Å². The van der Waals surface area contributed by atoms with Gasteiger partial charge >= 0.3 is 0 Å². The quantitative estimate of drug-likeness (QED) is 0.536. The highest BCUT2D eigenvalue weighted by Crippen LogP contribution is 2.06. The van der Waals surface area contributed by atoms with Crippen LogP contribution in [-0.2, 0) is 4.79 Å². The fourth-order valence-corrected chi connectivity index (χ4v) is 1.11. The molecule has 0 aliphatic carbocycles. The van der Waals surface area contributed by atoms with Crippen LogP contribution in [-0.4, -0.2) is 29.9 Å². The zero-order chi connectivity index (χ0) is 8.27. The van der Waals surface area contributed by atoms with Crippen LogP contribution >= 0.6 is 0 Å². The van der Waals surface area contributed by atoms with E-state index in [4.69, 9.17) is 5.73 Å². The van der Waals surface area contributed by atoms with E-state index < -0.39 is 0 Å². The van der Waals surface area contributed by atoms with Crippen LogP contribution in [0.25, 0.3) is 0 Å². The van der Waals surface area contributed by atoms with Crippen LogP contribution in [0.1, 0.15) is 6.42 Å². The first kappa shape index (κ1) is 8.27. The van der Waals surface area contributed by atoms with Crippen molar-refractivity contribution < 1.29 is 4.79 Å². The Morgan fingerprint density at radius 2 is 2.55 bits per heavy atom. The number of rotatable bonds is 1. The van der Waals surface area contributed by atoms with E-state index in [2.05, 4.69) is 6.58 Å². The summed E-state index contributed by atoms with van der Waals surface area (Å²) < 4.78 is 0. The van der Waals surface area contributed by atoms with Crippen LogP contribution in [0.4, 0.5) is 0 Å². The Bertz CT molecular complexity index is 159. The molecule has 0 spiro atoms. The fourth-order valence-electron chi connectivity index (χ4n) is 1.11. The van der Waals surface area contributed by atoms with Gasteiger partial charge in [-0.2, -0.15) is 0 Å². The summed E-state index contributed by atoms with van der Waals surface area (Å²) in [5, 5.41) is 0. The first-order valence-electron chi connectivity index (χ1n) is 3.74. The smallest absolute Gasteiger partial charge is 0.245 e. The van der Waals surface area contributed by atoms with Crippen molar-refractivity contribution >= 4 is 5.91 Å². The molecule has 11 heavy (non-hydrogen) atoms. The molecule has 1 atom stereocenters. The third-order valence-corrected chi connectivity index (χ3v) is 1.85. The molecule has 1 heterocycles. The minimum Gasteiger partial charge on any atom is -0.339 e. The van der Waals surface area contributed by atoms with E-state index in [1.165, 1.54) is 6.08 Å². The van der Waals surface area contributed by atoms with Gasteiger partial charge in [0, 0.05) is 19.1 Å². The standard InChI is InChI=1S/C8H13N2O/c1-2-8(11)10-5-3-7(9)4-6-10/h2-3,7H,1,4-6,9H2. The van der Waals surface area contributed by atoms with Crippen molar-refractivity contribution in [2.75, 3.05) is 13.1 Å². The lowest BCUT2D eigenvalue weighted by atomic mass is 10.1. The van der Waals surface area contributed by atoms with Crippen LogP contribution in [0.2, 0.25) is 0 Å². The lowest BCUT2D eigenvalue weighted by molar-refractivity contribution is -0.126. The predicted molar refractivity (Wildman–Crippen MR) is 43.7 cm³/mol. The van der Waals surface area contributed by atoms with Crippen molar-refractivity contribution in [2.45, 2.75) is 12.5 Å². The molecule has 0 aromatic heterocycles. The van der Waals surface area contributed by atoms with Gasteiger partial charge in [0.2, 0.25) is 5.91 Å². The number of nitrogens with zero attached hydrogens (tertiary/aromatic N) is 1. The Morgan fingerprint density at radius 1 is 1.82 bits per heavy atom. The number of piperidine rings is 1. The Hall–Kier alpha value is -0.830. The second-order valence-electron chi connectivity index (χ2n) is 2.68. The molecule has 2 N–H and O–H groups in total. The molecule has 1 rings (SSSR count). The largest absolute Gasteiger partial charge is 0.339 e. The number of hydrogen-bond acceptors (Lipinski definition) is 2. The second kappa shape index (κ2) is 3.53. The maximum Gasteiger partial charge on any atom is 0.245 e. The van der Waals surface area contributed by atoms with Gasteiger partial charge in [-0.25, -0.2) is 0 Å². The van der Waals surface area contributed by atoms with Crippen LogP contribution in [0, 0.1) is 6.42 Å². The highest BCUT2D eigenvalue weighted by molar-refractivity contribution is 5.87. The molecule has 1 aliphatic rings. The van der Waals surface area contributed by atoms with Gasteiger partial charge < -0.3 is 10.6 Å². The van der Waals surface area contributed by atoms with Crippen molar-refractivity contribution in [1.82, 2.24) is 4.90 Å². The van der Waals surface area contributed by atoms with Gasteiger partial charge in [-0.1, -0.05) is 6.58 Å². The molecule has 0 bridgehead atoms. The summed E-state index contributed by atoms with van der Waals surface area (Å²) in [5.41, 5.74) is 5.62. The zero-order valence-electron chi connectivity index (χ0n) is 6.49. The molecule has 1 fully saturated rings. The van der Waals surface area contributed by atoms with Crippen LogP contribution in [0.15, 0.2) is 12.7 Å². The van der Waals surface area contributed by atoms with Crippen LogP contribution in [0.5, 0.6) is 0 Å². The number of likely N-dealkylation sites (tertiary alicyclic amines) is 1. The first-order valence-corrected chi connectivity index (χ1v) is 3.74. The summed E-state index contributed by atoms with van der Waals surface area (Å²) >= 11 is 0. The third kappa shape index (κ3) is 2.05. The monoisotopic (exact) mass is 153 g/mol. The van der Waals surface area contributed by atoms with Crippen molar-refractivity contribution in [3.8, 4) is 0 Å². The summed E-state index contributed by atoms with van der Waals surface area (Å²) in [6.45, 7) is 4.83. The lowest BCUT2D eigenvalue weighted by Crippen LogP contribution is -2.42. The van der Waals surface area contributed by atoms with Crippen molar-refractivity contribution in [1.29, 1.82) is 0 Å². The zero-order valence-corrected chi connectivity index (χ0v) is 6.49. The molecule has 1 aliphatic heterocycles. The van der Waals surface area contributed by atoms with Crippen LogP contribution in [0.3, 0.4) is 0 Å². The summed E-state index contributed by atoms with van der Waals surface area (Å²) in [7, 11) is 0. The van der Waals surface area contributed by atoms with Gasteiger partial charge in [0.25, 0.3) is 0 Å². The maximum atomic E-state index is 11.0. The number of carbonyl (C=O) groups excluding carboxylic acids is 1. The normalized spacial score (nSPS) is 19.9. The minimum absolute atomic E-state index is 0.00634. The van der Waals surface area contributed by atoms with Gasteiger partial charge in [-0.05, 0) is 18.9 Å². The molecule has 1 amide bonds. The number of amides is 1. The Labute approximate surface area is 66.9 Å². The fraction of sp³-hybridized carbons (Fsp3) is 0.500. The number of nitrogens with two attached hydrogens (primary N) is 1. The Balaban J connectivity index is 2.38. The summed E-state index contributed by atoms with van der Waals surface area (Å²) in [5.74, 6) is -0.00634. The Morgan fingerprint density at radius 3 is 3.00 bits per heavy atom.